The summed E-state index contributed by atoms with van der Waals surface area (Å²) in [6.45, 7) is 8.11. The van der Waals surface area contributed by atoms with Crippen molar-refractivity contribution in [2.75, 3.05) is 43.9 Å². The molecule has 0 unspecified atom stereocenters. The van der Waals surface area contributed by atoms with E-state index in [0.29, 0.717) is 11.6 Å². The van der Waals surface area contributed by atoms with Gasteiger partial charge in [0.25, 0.3) is 0 Å². The fraction of sp³-hybridized carbons (Fsp3) is 0.611. The normalized spacial score (nSPS) is 15.2. The number of aromatic nitrogens is 3. The molecule has 0 aromatic carbocycles. The average molecular weight is 346 g/mol. The van der Waals surface area contributed by atoms with Crippen LogP contribution in [0, 0.1) is 0 Å². The molecule has 3 heterocycles. The number of nitrogens with zero attached hydrogens (tertiary/aromatic N) is 5. The number of anilines is 2. The number of likely N-dealkylation sites (N-methyl/N-ethyl adjacent to an activating group) is 1. The standard InChI is InChI=1S/C17H26N6O.CH4/c1-4-6-14-12(5-2)19-16(24-14)13-11-15(21-17(18)20-13)23-9-7-22(3)8-10-23;/h11H,4-10H2,1-3H3,(H2,18,20,21);1H4. The van der Waals surface area contributed by atoms with Crippen molar-refractivity contribution >= 4 is 11.8 Å². The van der Waals surface area contributed by atoms with Gasteiger partial charge >= 0.3 is 0 Å². The number of hydrogen-bond acceptors (Lipinski definition) is 7. The fourth-order valence-electron chi connectivity index (χ4n) is 2.95. The van der Waals surface area contributed by atoms with Crippen molar-refractivity contribution < 1.29 is 4.42 Å². The Bertz CT molecular complexity index is 691. The molecule has 1 aliphatic heterocycles. The molecule has 1 fully saturated rings. The van der Waals surface area contributed by atoms with E-state index >= 15 is 0 Å². The molecule has 25 heavy (non-hydrogen) atoms. The van der Waals surface area contributed by atoms with E-state index in [-0.39, 0.29) is 13.4 Å². The summed E-state index contributed by atoms with van der Waals surface area (Å²) in [4.78, 5) is 17.9. The Morgan fingerprint density at radius 3 is 2.48 bits per heavy atom. The van der Waals surface area contributed by atoms with Crippen LogP contribution in [-0.2, 0) is 12.8 Å². The van der Waals surface area contributed by atoms with Gasteiger partial charge in [-0.15, -0.1) is 0 Å². The second-order valence-electron chi connectivity index (χ2n) is 6.25. The molecule has 1 aliphatic rings. The molecule has 0 aliphatic carbocycles. The molecule has 0 saturated carbocycles. The SMILES string of the molecule is C.CCCc1oc(-c2cc(N3CCN(C)CC3)nc(N)n2)nc1CC. The van der Waals surface area contributed by atoms with Gasteiger partial charge in [0, 0.05) is 38.7 Å². The molecular formula is C18H30N6O. The van der Waals surface area contributed by atoms with Gasteiger partial charge in [-0.25, -0.2) is 9.97 Å². The summed E-state index contributed by atoms with van der Waals surface area (Å²) in [5.74, 6) is 2.60. The molecule has 7 nitrogen and oxygen atoms in total. The molecule has 0 atom stereocenters. The first-order valence-corrected chi connectivity index (χ1v) is 8.67. The number of hydrogen-bond donors (Lipinski definition) is 1. The number of rotatable bonds is 5. The Balaban J connectivity index is 0.00000225. The quantitative estimate of drug-likeness (QED) is 0.891. The van der Waals surface area contributed by atoms with Gasteiger partial charge in [-0.3, -0.25) is 0 Å². The lowest BCUT2D eigenvalue weighted by molar-refractivity contribution is 0.312. The predicted octanol–water partition coefficient (Wildman–Crippen LogP) is 2.62. The van der Waals surface area contributed by atoms with Gasteiger partial charge in [-0.05, 0) is 19.9 Å². The molecule has 0 spiro atoms. The summed E-state index contributed by atoms with van der Waals surface area (Å²) in [6, 6.07) is 1.93. The van der Waals surface area contributed by atoms with E-state index in [0.717, 1.165) is 62.7 Å². The molecule has 0 radical (unpaired) electrons. The van der Waals surface area contributed by atoms with Crippen molar-refractivity contribution in [3.63, 3.8) is 0 Å². The molecule has 0 amide bonds. The highest BCUT2D eigenvalue weighted by atomic mass is 16.4. The smallest absolute Gasteiger partial charge is 0.245 e. The number of nitrogens with two attached hydrogens (primary N) is 1. The molecule has 2 N–H and O–H groups in total. The zero-order valence-corrected chi connectivity index (χ0v) is 14.7. The minimum Gasteiger partial charge on any atom is -0.440 e. The Morgan fingerprint density at radius 1 is 1.12 bits per heavy atom. The summed E-state index contributed by atoms with van der Waals surface area (Å²) in [6.07, 6.45) is 2.77. The Morgan fingerprint density at radius 2 is 1.84 bits per heavy atom. The highest BCUT2D eigenvalue weighted by Gasteiger charge is 2.19. The molecule has 2 aromatic rings. The van der Waals surface area contributed by atoms with Gasteiger partial charge in [0.1, 0.15) is 17.3 Å². The first kappa shape index (κ1) is 19.2. The van der Waals surface area contributed by atoms with Crippen molar-refractivity contribution in [2.24, 2.45) is 0 Å². The van der Waals surface area contributed by atoms with E-state index < -0.39 is 0 Å². The fourth-order valence-corrected chi connectivity index (χ4v) is 2.95. The van der Waals surface area contributed by atoms with Crippen molar-refractivity contribution in [2.45, 2.75) is 40.5 Å². The molecule has 3 rings (SSSR count). The van der Waals surface area contributed by atoms with Crippen LogP contribution in [0.15, 0.2) is 10.5 Å². The van der Waals surface area contributed by atoms with Crippen LogP contribution in [0.4, 0.5) is 11.8 Å². The van der Waals surface area contributed by atoms with Crippen LogP contribution in [0.1, 0.15) is 39.1 Å². The molecule has 7 heteroatoms. The van der Waals surface area contributed by atoms with E-state index in [4.69, 9.17) is 10.2 Å². The monoisotopic (exact) mass is 346 g/mol. The van der Waals surface area contributed by atoms with Gasteiger partial charge < -0.3 is 20.0 Å². The van der Waals surface area contributed by atoms with Gasteiger partial charge in [0.15, 0.2) is 0 Å². The molecule has 1 saturated heterocycles. The third-order valence-corrected chi connectivity index (χ3v) is 4.37. The molecule has 2 aromatic heterocycles. The molecule has 138 valence electrons. The Labute approximate surface area is 150 Å². The lowest BCUT2D eigenvalue weighted by Gasteiger charge is -2.33. The summed E-state index contributed by atoms with van der Waals surface area (Å²) in [5.41, 5.74) is 7.60. The lowest BCUT2D eigenvalue weighted by atomic mass is 10.2. The van der Waals surface area contributed by atoms with Crippen LogP contribution in [0.2, 0.25) is 0 Å². The van der Waals surface area contributed by atoms with Gasteiger partial charge in [0.2, 0.25) is 11.8 Å². The number of nitrogen functional groups attached to an aromatic ring is 1. The lowest BCUT2D eigenvalue weighted by Crippen LogP contribution is -2.44. The molecule has 0 bridgehead atoms. The van der Waals surface area contributed by atoms with E-state index in [1.165, 1.54) is 0 Å². The largest absolute Gasteiger partial charge is 0.440 e. The van der Waals surface area contributed by atoms with Crippen LogP contribution in [0.3, 0.4) is 0 Å². The zero-order chi connectivity index (χ0) is 17.1. The van der Waals surface area contributed by atoms with Crippen molar-refractivity contribution in [3.8, 4) is 11.6 Å². The average Bonchev–Trinajstić information content (AvgIpc) is 2.98. The second-order valence-corrected chi connectivity index (χ2v) is 6.25. The van der Waals surface area contributed by atoms with Crippen LogP contribution < -0.4 is 10.6 Å². The third kappa shape index (κ3) is 4.28. The predicted molar refractivity (Wildman–Crippen MR) is 102 cm³/mol. The topological polar surface area (TPSA) is 84.3 Å². The van der Waals surface area contributed by atoms with E-state index in [1.807, 2.05) is 6.07 Å². The Kier molecular flexibility index (Phi) is 6.36. The summed E-state index contributed by atoms with van der Waals surface area (Å²) in [7, 11) is 2.13. The van der Waals surface area contributed by atoms with Crippen molar-refractivity contribution in [1.82, 2.24) is 19.9 Å². The van der Waals surface area contributed by atoms with E-state index in [1.54, 1.807) is 0 Å². The van der Waals surface area contributed by atoms with Crippen LogP contribution >= 0.6 is 0 Å². The van der Waals surface area contributed by atoms with Crippen molar-refractivity contribution in [3.05, 3.63) is 17.5 Å². The van der Waals surface area contributed by atoms with Gasteiger partial charge in [-0.1, -0.05) is 21.3 Å². The maximum atomic E-state index is 5.96. The van der Waals surface area contributed by atoms with Crippen LogP contribution in [-0.4, -0.2) is 53.1 Å². The van der Waals surface area contributed by atoms with Crippen molar-refractivity contribution in [1.29, 1.82) is 0 Å². The highest BCUT2D eigenvalue weighted by molar-refractivity contribution is 5.58. The second kappa shape index (κ2) is 8.29. The summed E-state index contributed by atoms with van der Waals surface area (Å²) >= 11 is 0. The van der Waals surface area contributed by atoms with Crippen LogP contribution in [0.5, 0.6) is 0 Å². The maximum absolute atomic E-state index is 5.96. The van der Waals surface area contributed by atoms with Crippen LogP contribution in [0.25, 0.3) is 11.6 Å². The minimum atomic E-state index is 0. The number of oxazole rings is 1. The zero-order valence-electron chi connectivity index (χ0n) is 14.7. The van der Waals surface area contributed by atoms with E-state index in [2.05, 4.69) is 45.6 Å². The van der Waals surface area contributed by atoms with Gasteiger partial charge in [0.05, 0.1) is 5.69 Å². The molecular weight excluding hydrogens is 316 g/mol. The first-order valence-electron chi connectivity index (χ1n) is 8.67. The highest BCUT2D eigenvalue weighted by Crippen LogP contribution is 2.26. The first-order chi connectivity index (χ1) is 11.6. The Hall–Kier alpha value is -2.15. The summed E-state index contributed by atoms with van der Waals surface area (Å²) in [5, 5.41) is 0. The number of aryl methyl sites for hydroxylation is 2. The minimum absolute atomic E-state index is 0. The number of piperazine rings is 1. The third-order valence-electron chi connectivity index (χ3n) is 4.37. The summed E-state index contributed by atoms with van der Waals surface area (Å²) < 4.78 is 5.96. The van der Waals surface area contributed by atoms with Gasteiger partial charge in [-0.2, -0.15) is 4.98 Å². The van der Waals surface area contributed by atoms with E-state index in [9.17, 15) is 0 Å². The maximum Gasteiger partial charge on any atom is 0.245 e.